The van der Waals surface area contributed by atoms with E-state index < -0.39 is 5.60 Å². The molecule has 18 heavy (non-hydrogen) atoms. The summed E-state index contributed by atoms with van der Waals surface area (Å²) in [6.07, 6.45) is 1.48. The number of hydrogen-bond donors (Lipinski definition) is 1. The third kappa shape index (κ3) is 6.09. The number of benzene rings is 1. The molecule has 0 amide bonds. The molecule has 1 aromatic carbocycles. The van der Waals surface area contributed by atoms with E-state index in [-0.39, 0.29) is 5.97 Å². The van der Waals surface area contributed by atoms with Crippen LogP contribution in [-0.2, 0) is 16.1 Å². The van der Waals surface area contributed by atoms with E-state index in [1.165, 1.54) is 11.6 Å². The Kier molecular flexibility index (Phi) is 4.95. The van der Waals surface area contributed by atoms with Gasteiger partial charge in [0, 0.05) is 18.3 Å². The van der Waals surface area contributed by atoms with Crippen LogP contribution in [0, 0.1) is 0 Å². The van der Waals surface area contributed by atoms with Crippen molar-refractivity contribution in [2.24, 2.45) is 0 Å². The van der Waals surface area contributed by atoms with Gasteiger partial charge in [0.2, 0.25) is 0 Å². The molecular formula is C15H21NO2. The molecule has 98 valence electrons. The van der Waals surface area contributed by atoms with E-state index in [4.69, 9.17) is 4.74 Å². The molecule has 0 aliphatic heterocycles. The molecular weight excluding hydrogens is 226 g/mol. The van der Waals surface area contributed by atoms with Gasteiger partial charge in [-0.15, -0.1) is 0 Å². The summed E-state index contributed by atoms with van der Waals surface area (Å²) in [5.41, 5.74) is 1.52. The van der Waals surface area contributed by atoms with Crippen molar-refractivity contribution in [2.45, 2.75) is 39.8 Å². The largest absolute Gasteiger partial charge is 0.457 e. The summed E-state index contributed by atoms with van der Waals surface area (Å²) in [4.78, 5) is 11.5. The lowest BCUT2D eigenvalue weighted by atomic mass is 10.2. The van der Waals surface area contributed by atoms with Crippen molar-refractivity contribution in [3.8, 4) is 0 Å². The standard InChI is InChI=1S/C15H21NO2/c1-12(10-14(17)18-15(2,3)4)16-11-13-8-6-5-7-9-13/h5-10,16H,11H2,1-4H3/b12-10-. The summed E-state index contributed by atoms with van der Waals surface area (Å²) in [5, 5.41) is 3.18. The van der Waals surface area contributed by atoms with Gasteiger partial charge in [-0.2, -0.15) is 0 Å². The maximum Gasteiger partial charge on any atom is 0.333 e. The summed E-state index contributed by atoms with van der Waals surface area (Å²) in [6, 6.07) is 10.0. The molecule has 0 aliphatic rings. The lowest BCUT2D eigenvalue weighted by molar-refractivity contribution is -0.148. The molecule has 0 heterocycles. The van der Waals surface area contributed by atoms with Gasteiger partial charge in [-0.05, 0) is 33.3 Å². The fraction of sp³-hybridized carbons (Fsp3) is 0.400. The molecule has 1 N–H and O–H groups in total. The molecule has 0 aliphatic carbocycles. The summed E-state index contributed by atoms with van der Waals surface area (Å²) in [7, 11) is 0. The second kappa shape index (κ2) is 6.24. The van der Waals surface area contributed by atoms with Crippen LogP contribution < -0.4 is 5.32 Å². The Morgan fingerprint density at radius 1 is 1.28 bits per heavy atom. The monoisotopic (exact) mass is 247 g/mol. The number of carbonyl (C=O) groups excluding carboxylic acids is 1. The van der Waals surface area contributed by atoms with Crippen LogP contribution in [0.5, 0.6) is 0 Å². The van der Waals surface area contributed by atoms with E-state index in [0.29, 0.717) is 6.54 Å². The number of ether oxygens (including phenoxy) is 1. The zero-order valence-corrected chi connectivity index (χ0v) is 11.5. The molecule has 0 atom stereocenters. The number of nitrogens with one attached hydrogen (secondary N) is 1. The minimum Gasteiger partial charge on any atom is -0.457 e. The van der Waals surface area contributed by atoms with Crippen LogP contribution in [-0.4, -0.2) is 11.6 Å². The van der Waals surface area contributed by atoms with Gasteiger partial charge < -0.3 is 10.1 Å². The summed E-state index contributed by atoms with van der Waals surface area (Å²) >= 11 is 0. The smallest absolute Gasteiger partial charge is 0.333 e. The Hall–Kier alpha value is -1.77. The highest BCUT2D eigenvalue weighted by Crippen LogP contribution is 2.08. The Morgan fingerprint density at radius 2 is 1.89 bits per heavy atom. The van der Waals surface area contributed by atoms with Gasteiger partial charge in [0.15, 0.2) is 0 Å². The van der Waals surface area contributed by atoms with E-state index in [1.807, 2.05) is 58.0 Å². The number of allylic oxidation sites excluding steroid dienone is 1. The fourth-order valence-electron chi connectivity index (χ4n) is 1.40. The normalized spacial score (nSPS) is 12.1. The molecule has 0 unspecified atom stereocenters. The first-order valence-electron chi connectivity index (χ1n) is 6.06. The number of rotatable bonds is 4. The highest BCUT2D eigenvalue weighted by atomic mass is 16.6. The Balaban J connectivity index is 2.45. The Bertz CT molecular complexity index is 416. The summed E-state index contributed by atoms with van der Waals surface area (Å²) in [6.45, 7) is 8.11. The van der Waals surface area contributed by atoms with E-state index in [0.717, 1.165) is 5.70 Å². The van der Waals surface area contributed by atoms with E-state index in [1.54, 1.807) is 0 Å². The second-order valence-electron chi connectivity index (χ2n) is 5.20. The van der Waals surface area contributed by atoms with Crippen LogP contribution in [0.25, 0.3) is 0 Å². The average Bonchev–Trinajstić information content (AvgIpc) is 2.25. The fourth-order valence-corrected chi connectivity index (χ4v) is 1.40. The van der Waals surface area contributed by atoms with Crippen LogP contribution in [0.4, 0.5) is 0 Å². The highest BCUT2D eigenvalue weighted by Gasteiger charge is 2.14. The van der Waals surface area contributed by atoms with Crippen LogP contribution in [0.3, 0.4) is 0 Å². The van der Waals surface area contributed by atoms with Gasteiger partial charge >= 0.3 is 5.97 Å². The molecule has 1 aromatic rings. The molecule has 0 saturated carbocycles. The van der Waals surface area contributed by atoms with E-state index in [2.05, 4.69) is 5.32 Å². The lowest BCUT2D eigenvalue weighted by Crippen LogP contribution is -2.23. The second-order valence-corrected chi connectivity index (χ2v) is 5.20. The average molecular weight is 247 g/mol. The topological polar surface area (TPSA) is 38.3 Å². The highest BCUT2D eigenvalue weighted by molar-refractivity contribution is 5.82. The molecule has 0 aromatic heterocycles. The van der Waals surface area contributed by atoms with Gasteiger partial charge in [0.25, 0.3) is 0 Å². The molecule has 0 saturated heterocycles. The van der Waals surface area contributed by atoms with Crippen molar-refractivity contribution >= 4 is 5.97 Å². The van der Waals surface area contributed by atoms with Crippen molar-refractivity contribution in [1.82, 2.24) is 5.32 Å². The minimum absolute atomic E-state index is 0.319. The van der Waals surface area contributed by atoms with Crippen LogP contribution >= 0.6 is 0 Å². The molecule has 0 fully saturated rings. The maximum absolute atomic E-state index is 11.5. The molecule has 3 heteroatoms. The SMILES string of the molecule is C/C(=C/C(=O)OC(C)(C)C)NCc1ccccc1. The quantitative estimate of drug-likeness (QED) is 0.656. The maximum atomic E-state index is 11.5. The van der Waals surface area contributed by atoms with Crippen molar-refractivity contribution in [3.05, 3.63) is 47.7 Å². The predicted octanol–water partition coefficient (Wildman–Crippen LogP) is 3.02. The van der Waals surface area contributed by atoms with E-state index in [9.17, 15) is 4.79 Å². The Labute approximate surface area is 109 Å². The van der Waals surface area contributed by atoms with Crippen molar-refractivity contribution in [3.63, 3.8) is 0 Å². The van der Waals surface area contributed by atoms with Crippen LogP contribution in [0.1, 0.15) is 33.3 Å². The zero-order chi connectivity index (χ0) is 13.6. The molecule has 1 rings (SSSR count). The minimum atomic E-state index is -0.451. The Morgan fingerprint density at radius 3 is 2.44 bits per heavy atom. The molecule has 0 bridgehead atoms. The number of hydrogen-bond acceptors (Lipinski definition) is 3. The molecule has 3 nitrogen and oxygen atoms in total. The van der Waals surface area contributed by atoms with Crippen LogP contribution in [0.15, 0.2) is 42.1 Å². The zero-order valence-electron chi connectivity index (χ0n) is 11.5. The summed E-state index contributed by atoms with van der Waals surface area (Å²) in [5.74, 6) is -0.319. The first kappa shape index (κ1) is 14.3. The first-order valence-corrected chi connectivity index (χ1v) is 6.06. The van der Waals surface area contributed by atoms with Crippen molar-refractivity contribution < 1.29 is 9.53 Å². The lowest BCUT2D eigenvalue weighted by Gasteiger charge is -2.18. The van der Waals surface area contributed by atoms with Gasteiger partial charge in [0.1, 0.15) is 5.60 Å². The third-order valence-corrected chi connectivity index (χ3v) is 2.16. The molecule has 0 spiro atoms. The van der Waals surface area contributed by atoms with Gasteiger partial charge in [0.05, 0.1) is 0 Å². The first-order chi connectivity index (χ1) is 8.37. The van der Waals surface area contributed by atoms with E-state index >= 15 is 0 Å². The van der Waals surface area contributed by atoms with Gasteiger partial charge in [-0.1, -0.05) is 30.3 Å². The predicted molar refractivity (Wildman–Crippen MR) is 72.9 cm³/mol. The number of carbonyl (C=O) groups is 1. The number of esters is 1. The van der Waals surface area contributed by atoms with Crippen molar-refractivity contribution in [2.75, 3.05) is 0 Å². The molecule has 0 radical (unpaired) electrons. The third-order valence-electron chi connectivity index (χ3n) is 2.16. The van der Waals surface area contributed by atoms with Gasteiger partial charge in [-0.25, -0.2) is 4.79 Å². The van der Waals surface area contributed by atoms with Crippen molar-refractivity contribution in [1.29, 1.82) is 0 Å². The summed E-state index contributed by atoms with van der Waals surface area (Å²) < 4.78 is 5.21. The van der Waals surface area contributed by atoms with Gasteiger partial charge in [-0.3, -0.25) is 0 Å². The van der Waals surface area contributed by atoms with Crippen LogP contribution in [0.2, 0.25) is 0 Å².